The molecule has 8 nitrogen and oxygen atoms in total. The van der Waals surface area contributed by atoms with Gasteiger partial charge in [0.05, 0.1) is 23.6 Å². The zero-order chi connectivity index (χ0) is 25.1. The number of imidazole rings is 2. The number of anilines is 2. The summed E-state index contributed by atoms with van der Waals surface area (Å²) >= 11 is 6.24. The summed E-state index contributed by atoms with van der Waals surface area (Å²) in [6, 6.07) is 5.06. The molecule has 0 atom stereocenters. The van der Waals surface area contributed by atoms with E-state index in [0.29, 0.717) is 51.6 Å². The lowest BCUT2D eigenvalue weighted by Crippen LogP contribution is -2.16. The summed E-state index contributed by atoms with van der Waals surface area (Å²) in [4.78, 5) is 25.5. The average molecular weight is 504 g/mol. The molecule has 1 aromatic carbocycles. The molecule has 13 heteroatoms. The Hall–Kier alpha value is -4.19. The van der Waals surface area contributed by atoms with Crippen LogP contribution in [0.15, 0.2) is 48.9 Å². The van der Waals surface area contributed by atoms with Crippen molar-refractivity contribution in [3.63, 3.8) is 0 Å². The second kappa shape index (κ2) is 7.94. The van der Waals surface area contributed by atoms with Crippen molar-refractivity contribution in [2.24, 2.45) is 0 Å². The highest BCUT2D eigenvalue weighted by molar-refractivity contribution is 6.29. The number of nitrogens with two attached hydrogens (primary N) is 1. The van der Waals surface area contributed by atoms with Crippen molar-refractivity contribution in [1.29, 1.82) is 0 Å². The lowest BCUT2D eigenvalue weighted by Gasteiger charge is -2.11. The van der Waals surface area contributed by atoms with Crippen LogP contribution in [0, 0.1) is 12.7 Å². The highest BCUT2D eigenvalue weighted by Gasteiger charge is 2.31. The van der Waals surface area contributed by atoms with E-state index >= 15 is 0 Å². The molecule has 0 saturated carbocycles. The SMILES string of the molecule is Cc1nc(-c2ccn3c(C(=O)Nc4cc(C(F)(F)F)ccc4F)cnc3c2)c2c(N)ncc(Cl)n12. The Morgan fingerprint density at radius 1 is 1.14 bits per heavy atom. The van der Waals surface area contributed by atoms with Crippen LogP contribution < -0.4 is 11.1 Å². The van der Waals surface area contributed by atoms with Crippen LogP contribution in [0.5, 0.6) is 0 Å². The number of halogens is 5. The van der Waals surface area contributed by atoms with Gasteiger partial charge in [-0.2, -0.15) is 13.2 Å². The van der Waals surface area contributed by atoms with Crippen LogP contribution in [0.4, 0.5) is 29.1 Å². The van der Waals surface area contributed by atoms with Crippen LogP contribution in [0.1, 0.15) is 21.9 Å². The van der Waals surface area contributed by atoms with Crippen LogP contribution in [0.2, 0.25) is 5.15 Å². The third kappa shape index (κ3) is 3.81. The van der Waals surface area contributed by atoms with Gasteiger partial charge in [-0.3, -0.25) is 13.6 Å². The van der Waals surface area contributed by atoms with Crippen LogP contribution in [0.25, 0.3) is 22.4 Å². The first kappa shape index (κ1) is 22.6. The number of nitrogen functional groups attached to an aromatic ring is 1. The number of hydrogen-bond donors (Lipinski definition) is 2. The molecule has 5 rings (SSSR count). The van der Waals surface area contributed by atoms with Gasteiger partial charge in [-0.05, 0) is 37.3 Å². The van der Waals surface area contributed by atoms with E-state index in [-0.39, 0.29) is 11.5 Å². The van der Waals surface area contributed by atoms with E-state index in [9.17, 15) is 22.4 Å². The number of fused-ring (bicyclic) bond motifs is 2. The summed E-state index contributed by atoms with van der Waals surface area (Å²) < 4.78 is 56.0. The number of nitrogens with one attached hydrogen (secondary N) is 1. The summed E-state index contributed by atoms with van der Waals surface area (Å²) in [5, 5.41) is 2.50. The van der Waals surface area contributed by atoms with E-state index in [0.717, 1.165) is 0 Å². The predicted octanol–water partition coefficient (Wildman–Crippen LogP) is 5.00. The monoisotopic (exact) mass is 503 g/mol. The van der Waals surface area contributed by atoms with Crippen molar-refractivity contribution in [2.45, 2.75) is 13.1 Å². The minimum atomic E-state index is -4.69. The Bertz CT molecular complexity index is 1640. The van der Waals surface area contributed by atoms with Gasteiger partial charge < -0.3 is 11.1 Å². The van der Waals surface area contributed by atoms with Gasteiger partial charge in [0, 0.05) is 11.8 Å². The third-order valence-corrected chi connectivity index (χ3v) is 5.64. The number of nitrogens with zero attached hydrogens (tertiary/aromatic N) is 5. The maximum absolute atomic E-state index is 14.1. The number of amides is 1. The largest absolute Gasteiger partial charge is 0.416 e. The van der Waals surface area contributed by atoms with E-state index in [2.05, 4.69) is 20.3 Å². The maximum atomic E-state index is 14.1. The van der Waals surface area contributed by atoms with Crippen LogP contribution in [-0.4, -0.2) is 29.7 Å². The molecule has 0 radical (unpaired) electrons. The molecule has 1 amide bonds. The number of aryl methyl sites for hydroxylation is 1. The first-order chi connectivity index (χ1) is 16.5. The van der Waals surface area contributed by atoms with Gasteiger partial charge >= 0.3 is 6.18 Å². The van der Waals surface area contributed by atoms with E-state index in [1.807, 2.05) is 0 Å². The first-order valence-electron chi connectivity index (χ1n) is 9.99. The fourth-order valence-electron chi connectivity index (χ4n) is 3.75. The second-order valence-electron chi connectivity index (χ2n) is 7.59. The van der Waals surface area contributed by atoms with Crippen molar-refractivity contribution < 1.29 is 22.4 Å². The fraction of sp³-hybridized carbons (Fsp3) is 0.0909. The molecular weight excluding hydrogens is 490 g/mol. The van der Waals surface area contributed by atoms with Gasteiger partial charge in [-0.15, -0.1) is 0 Å². The Kier molecular flexibility index (Phi) is 5.13. The minimum absolute atomic E-state index is 0.0153. The van der Waals surface area contributed by atoms with Crippen molar-refractivity contribution >= 4 is 40.2 Å². The smallest absolute Gasteiger partial charge is 0.382 e. The number of alkyl halides is 3. The molecule has 0 fully saturated rings. The fourth-order valence-corrected chi connectivity index (χ4v) is 4.01. The van der Waals surface area contributed by atoms with Gasteiger partial charge in [-0.25, -0.2) is 19.3 Å². The topological polar surface area (TPSA) is 103 Å². The highest BCUT2D eigenvalue weighted by Crippen LogP contribution is 2.33. The molecule has 0 saturated heterocycles. The first-order valence-corrected chi connectivity index (χ1v) is 10.4. The van der Waals surface area contributed by atoms with E-state index in [4.69, 9.17) is 17.3 Å². The van der Waals surface area contributed by atoms with Gasteiger partial charge in [0.1, 0.15) is 45.2 Å². The van der Waals surface area contributed by atoms with Crippen LogP contribution >= 0.6 is 11.6 Å². The Morgan fingerprint density at radius 2 is 1.91 bits per heavy atom. The van der Waals surface area contributed by atoms with Crippen molar-refractivity contribution in [3.05, 3.63) is 77.0 Å². The molecule has 0 aliphatic rings. The zero-order valence-corrected chi connectivity index (χ0v) is 18.5. The number of pyridine rings is 1. The van der Waals surface area contributed by atoms with Crippen molar-refractivity contribution in [3.8, 4) is 11.3 Å². The molecule has 5 aromatic rings. The lowest BCUT2D eigenvalue weighted by atomic mass is 10.1. The Balaban J connectivity index is 1.52. The van der Waals surface area contributed by atoms with E-state index < -0.39 is 29.2 Å². The zero-order valence-electron chi connectivity index (χ0n) is 17.7. The van der Waals surface area contributed by atoms with Crippen molar-refractivity contribution in [1.82, 2.24) is 23.8 Å². The highest BCUT2D eigenvalue weighted by atomic mass is 35.5. The summed E-state index contributed by atoms with van der Waals surface area (Å²) in [5.41, 5.74) is 6.30. The average Bonchev–Trinajstić information content (AvgIpc) is 3.38. The molecular formula is C22H14ClF4N7O. The second-order valence-corrected chi connectivity index (χ2v) is 7.98. The molecule has 4 aromatic heterocycles. The number of benzene rings is 1. The quantitative estimate of drug-likeness (QED) is 0.337. The molecule has 0 aliphatic heterocycles. The standard InChI is InChI=1S/C22H14ClF4N7O/c1-10-31-18(19-20(28)30-9-16(23)34(10)19)11-4-5-33-15(8-29-17(33)6-11)21(35)32-14-7-12(22(25,26)27)2-3-13(14)24/h2-9H,1H3,(H2,28,30)(H,32,35). The van der Waals surface area contributed by atoms with Crippen molar-refractivity contribution in [2.75, 3.05) is 11.1 Å². The minimum Gasteiger partial charge on any atom is -0.382 e. The van der Waals surface area contributed by atoms with Gasteiger partial charge in [0.15, 0.2) is 0 Å². The third-order valence-electron chi connectivity index (χ3n) is 5.37. The van der Waals surface area contributed by atoms with Crippen LogP contribution in [0.3, 0.4) is 0 Å². The molecule has 4 heterocycles. The number of aromatic nitrogens is 5. The molecule has 0 spiro atoms. The molecule has 178 valence electrons. The Morgan fingerprint density at radius 3 is 2.66 bits per heavy atom. The summed E-state index contributed by atoms with van der Waals surface area (Å²) in [5.74, 6) is -1.04. The molecule has 35 heavy (non-hydrogen) atoms. The number of carbonyl (C=O) groups excluding carboxylic acids is 1. The molecule has 3 N–H and O–H groups in total. The summed E-state index contributed by atoms with van der Waals surface area (Å²) in [6.45, 7) is 1.76. The number of carbonyl (C=O) groups is 1. The number of hydrogen-bond acceptors (Lipinski definition) is 5. The number of rotatable bonds is 3. The molecule has 0 unspecified atom stereocenters. The summed E-state index contributed by atoms with van der Waals surface area (Å²) in [7, 11) is 0. The summed E-state index contributed by atoms with van der Waals surface area (Å²) in [6.07, 6.45) is -0.517. The lowest BCUT2D eigenvalue weighted by molar-refractivity contribution is -0.137. The molecule has 0 bridgehead atoms. The van der Waals surface area contributed by atoms with E-state index in [1.165, 1.54) is 23.0 Å². The predicted molar refractivity (Wildman–Crippen MR) is 121 cm³/mol. The Labute approximate surface area is 199 Å². The van der Waals surface area contributed by atoms with Gasteiger partial charge in [0.2, 0.25) is 0 Å². The van der Waals surface area contributed by atoms with Crippen LogP contribution in [-0.2, 0) is 6.18 Å². The van der Waals surface area contributed by atoms with Gasteiger partial charge in [0.25, 0.3) is 5.91 Å². The normalized spacial score (nSPS) is 11.9. The van der Waals surface area contributed by atoms with E-state index in [1.54, 1.807) is 23.5 Å². The molecule has 0 aliphatic carbocycles. The van der Waals surface area contributed by atoms with Gasteiger partial charge in [-0.1, -0.05) is 11.6 Å². The maximum Gasteiger partial charge on any atom is 0.416 e.